The monoisotopic (exact) mass is 287 g/mol. The van der Waals surface area contributed by atoms with Gasteiger partial charge in [-0.3, -0.25) is 15.1 Å². The highest BCUT2D eigenvalue weighted by Gasteiger charge is 2.13. The summed E-state index contributed by atoms with van der Waals surface area (Å²) in [6.07, 6.45) is 2.77. The number of hydrogen-bond acceptors (Lipinski definition) is 5. The minimum absolute atomic E-state index is 0.0280. The zero-order chi connectivity index (χ0) is 15.1. The molecule has 0 bridgehead atoms. The molecule has 2 rings (SSSR count). The van der Waals surface area contributed by atoms with Gasteiger partial charge in [0.1, 0.15) is 11.9 Å². The predicted molar refractivity (Wildman–Crippen MR) is 80.0 cm³/mol. The van der Waals surface area contributed by atoms with Crippen molar-refractivity contribution in [3.8, 4) is 0 Å². The fourth-order valence-electron chi connectivity index (χ4n) is 1.95. The average Bonchev–Trinajstić information content (AvgIpc) is 2.52. The van der Waals surface area contributed by atoms with Crippen LogP contribution in [0.5, 0.6) is 0 Å². The van der Waals surface area contributed by atoms with Gasteiger partial charge in [-0.2, -0.15) is 0 Å². The van der Waals surface area contributed by atoms with E-state index in [1.54, 1.807) is 6.07 Å². The second kappa shape index (κ2) is 7.35. The molecule has 1 N–H and O–H groups in total. The molecule has 1 aromatic heterocycles. The molecule has 6 nitrogen and oxygen atoms in total. The Morgan fingerprint density at radius 1 is 1.29 bits per heavy atom. The number of anilines is 1. The summed E-state index contributed by atoms with van der Waals surface area (Å²) in [5.41, 5.74) is 2.56. The first kappa shape index (κ1) is 14.9. The number of pyridine rings is 1. The number of nitrogens with zero attached hydrogens (tertiary/aromatic N) is 2. The molecule has 0 aliphatic rings. The Morgan fingerprint density at radius 2 is 2.05 bits per heavy atom. The number of ether oxygens (including phenoxy) is 1. The van der Waals surface area contributed by atoms with E-state index in [0.717, 1.165) is 11.1 Å². The summed E-state index contributed by atoms with van der Waals surface area (Å²) in [7, 11) is 0. The molecule has 0 fully saturated rings. The highest BCUT2D eigenvalue weighted by atomic mass is 16.6. The molecule has 0 spiro atoms. The molecular formula is C15H17N3O3. The summed E-state index contributed by atoms with van der Waals surface area (Å²) in [5.74, 6) is 0. The van der Waals surface area contributed by atoms with E-state index < -0.39 is 4.92 Å². The molecule has 0 saturated heterocycles. The lowest BCUT2D eigenvalue weighted by Gasteiger charge is -2.11. The summed E-state index contributed by atoms with van der Waals surface area (Å²) in [5, 5.41) is 14.0. The zero-order valence-electron chi connectivity index (χ0n) is 11.8. The summed E-state index contributed by atoms with van der Waals surface area (Å²) >= 11 is 0. The first-order valence-corrected chi connectivity index (χ1v) is 6.69. The SMILES string of the molecule is CCOCc1ccccc1CNc1ccncc1[N+](=O)[O-]. The van der Waals surface area contributed by atoms with Crippen molar-refractivity contribution >= 4 is 11.4 Å². The number of rotatable bonds is 7. The zero-order valence-corrected chi connectivity index (χ0v) is 11.8. The maximum atomic E-state index is 10.9. The summed E-state index contributed by atoms with van der Waals surface area (Å²) in [6.45, 7) is 3.62. The van der Waals surface area contributed by atoms with Crippen molar-refractivity contribution < 1.29 is 9.66 Å². The van der Waals surface area contributed by atoms with Crippen LogP contribution in [0.2, 0.25) is 0 Å². The maximum Gasteiger partial charge on any atom is 0.310 e. The van der Waals surface area contributed by atoms with Crippen LogP contribution in [0.25, 0.3) is 0 Å². The van der Waals surface area contributed by atoms with Gasteiger partial charge in [0.05, 0.1) is 11.5 Å². The Hall–Kier alpha value is -2.47. The minimum Gasteiger partial charge on any atom is -0.377 e. The Morgan fingerprint density at radius 3 is 2.76 bits per heavy atom. The lowest BCUT2D eigenvalue weighted by Crippen LogP contribution is -2.06. The van der Waals surface area contributed by atoms with E-state index in [1.165, 1.54) is 12.4 Å². The predicted octanol–water partition coefficient (Wildman–Crippen LogP) is 3.14. The molecule has 1 heterocycles. The third-order valence-electron chi connectivity index (χ3n) is 3.05. The van der Waals surface area contributed by atoms with Crippen molar-refractivity contribution in [1.82, 2.24) is 4.98 Å². The van der Waals surface area contributed by atoms with Crippen LogP contribution in [0.15, 0.2) is 42.7 Å². The summed E-state index contributed by atoms with van der Waals surface area (Å²) in [4.78, 5) is 14.3. The number of nitro groups is 1. The Kier molecular flexibility index (Phi) is 5.22. The molecule has 0 aliphatic carbocycles. The van der Waals surface area contributed by atoms with E-state index in [1.807, 2.05) is 31.2 Å². The molecule has 0 atom stereocenters. The van der Waals surface area contributed by atoms with Gasteiger partial charge in [-0.25, -0.2) is 0 Å². The fraction of sp³-hybridized carbons (Fsp3) is 0.267. The van der Waals surface area contributed by atoms with Crippen LogP contribution in [0.3, 0.4) is 0 Å². The fourth-order valence-corrected chi connectivity index (χ4v) is 1.95. The lowest BCUT2D eigenvalue weighted by molar-refractivity contribution is -0.384. The van der Waals surface area contributed by atoms with Crippen LogP contribution < -0.4 is 5.32 Å². The van der Waals surface area contributed by atoms with Crippen molar-refractivity contribution in [1.29, 1.82) is 0 Å². The second-order valence-corrected chi connectivity index (χ2v) is 4.41. The van der Waals surface area contributed by atoms with Crippen molar-refractivity contribution in [3.05, 3.63) is 64.0 Å². The molecule has 0 amide bonds. The van der Waals surface area contributed by atoms with Crippen LogP contribution in [-0.2, 0) is 17.9 Å². The Balaban J connectivity index is 2.12. The number of aromatic nitrogens is 1. The molecule has 0 aliphatic heterocycles. The van der Waals surface area contributed by atoms with Gasteiger partial charge in [-0.1, -0.05) is 24.3 Å². The summed E-state index contributed by atoms with van der Waals surface area (Å²) in [6, 6.07) is 9.46. The Labute approximate surface area is 122 Å². The molecule has 2 aromatic rings. The molecule has 21 heavy (non-hydrogen) atoms. The molecule has 6 heteroatoms. The smallest absolute Gasteiger partial charge is 0.310 e. The van der Waals surface area contributed by atoms with Gasteiger partial charge >= 0.3 is 5.69 Å². The standard InChI is InChI=1S/C15H17N3O3/c1-2-21-11-13-6-4-3-5-12(13)9-17-14-7-8-16-10-15(14)18(19)20/h3-8,10H,2,9,11H2,1H3,(H,16,17). The van der Waals surface area contributed by atoms with Gasteiger partial charge in [0.15, 0.2) is 0 Å². The van der Waals surface area contributed by atoms with E-state index in [9.17, 15) is 10.1 Å². The molecule has 0 radical (unpaired) electrons. The van der Waals surface area contributed by atoms with E-state index in [-0.39, 0.29) is 5.69 Å². The van der Waals surface area contributed by atoms with E-state index >= 15 is 0 Å². The van der Waals surface area contributed by atoms with Gasteiger partial charge in [-0.15, -0.1) is 0 Å². The van der Waals surface area contributed by atoms with Crippen LogP contribution in [0.4, 0.5) is 11.4 Å². The Bertz CT molecular complexity index is 617. The van der Waals surface area contributed by atoms with E-state index in [0.29, 0.717) is 25.4 Å². The van der Waals surface area contributed by atoms with Gasteiger partial charge < -0.3 is 10.1 Å². The van der Waals surface area contributed by atoms with Crippen molar-refractivity contribution in [3.63, 3.8) is 0 Å². The first-order chi connectivity index (χ1) is 10.2. The quantitative estimate of drug-likeness (QED) is 0.625. The third kappa shape index (κ3) is 4.00. The third-order valence-corrected chi connectivity index (χ3v) is 3.05. The number of hydrogen-bond donors (Lipinski definition) is 1. The van der Waals surface area contributed by atoms with Gasteiger partial charge in [0.25, 0.3) is 0 Å². The van der Waals surface area contributed by atoms with Crippen LogP contribution >= 0.6 is 0 Å². The highest BCUT2D eigenvalue weighted by molar-refractivity contribution is 5.59. The molecular weight excluding hydrogens is 270 g/mol. The van der Waals surface area contributed by atoms with Gasteiger partial charge in [-0.05, 0) is 24.1 Å². The molecule has 1 aromatic carbocycles. The first-order valence-electron chi connectivity index (χ1n) is 6.69. The largest absolute Gasteiger partial charge is 0.377 e. The lowest BCUT2D eigenvalue weighted by atomic mass is 10.1. The van der Waals surface area contributed by atoms with Crippen LogP contribution in [0.1, 0.15) is 18.1 Å². The normalized spacial score (nSPS) is 10.3. The van der Waals surface area contributed by atoms with Crippen molar-refractivity contribution in [2.75, 3.05) is 11.9 Å². The van der Waals surface area contributed by atoms with Gasteiger partial charge in [0.2, 0.25) is 0 Å². The number of nitrogens with one attached hydrogen (secondary N) is 1. The molecule has 0 saturated carbocycles. The second-order valence-electron chi connectivity index (χ2n) is 4.41. The topological polar surface area (TPSA) is 77.3 Å². The summed E-state index contributed by atoms with van der Waals surface area (Å²) < 4.78 is 5.43. The van der Waals surface area contributed by atoms with Crippen molar-refractivity contribution in [2.24, 2.45) is 0 Å². The van der Waals surface area contributed by atoms with E-state index in [2.05, 4.69) is 10.3 Å². The average molecular weight is 287 g/mol. The molecule has 0 unspecified atom stereocenters. The number of benzene rings is 1. The minimum atomic E-state index is -0.443. The van der Waals surface area contributed by atoms with Crippen LogP contribution in [-0.4, -0.2) is 16.5 Å². The van der Waals surface area contributed by atoms with Crippen molar-refractivity contribution in [2.45, 2.75) is 20.1 Å². The maximum absolute atomic E-state index is 10.9. The van der Waals surface area contributed by atoms with E-state index in [4.69, 9.17) is 4.74 Å². The molecule has 110 valence electrons. The van der Waals surface area contributed by atoms with Gasteiger partial charge in [0, 0.05) is 19.3 Å². The highest BCUT2D eigenvalue weighted by Crippen LogP contribution is 2.23. The van der Waals surface area contributed by atoms with Crippen LogP contribution in [0, 0.1) is 10.1 Å².